The van der Waals surface area contributed by atoms with Gasteiger partial charge in [0.25, 0.3) is 0 Å². The molecular weight excluding hydrogens is 260 g/mol. The van der Waals surface area contributed by atoms with Crippen molar-refractivity contribution in [3.05, 3.63) is 54.5 Å². The first-order valence-electron chi connectivity index (χ1n) is 7.79. The zero-order chi connectivity index (χ0) is 14.2. The lowest BCUT2D eigenvalue weighted by molar-refractivity contribution is 0.0839. The van der Waals surface area contributed by atoms with Crippen LogP contribution in [0, 0.1) is 5.92 Å². The van der Waals surface area contributed by atoms with Crippen molar-refractivity contribution in [3.63, 3.8) is 0 Å². The molecule has 0 amide bonds. The molecule has 2 heterocycles. The standard InChI is InChI=1S/C18H20N2O/c21-18(13-6-2-1-3-7-13)10-16-14-8-4-5-9-15(14)17-11-19-12-20(16)17/h1-2,4-5,8-9,11-13,16,18,21H,3,6-7,10H2. The minimum absolute atomic E-state index is 0.222. The van der Waals surface area contributed by atoms with Gasteiger partial charge in [-0.2, -0.15) is 0 Å². The maximum absolute atomic E-state index is 10.7. The van der Waals surface area contributed by atoms with Gasteiger partial charge in [-0.05, 0) is 37.2 Å². The van der Waals surface area contributed by atoms with Crippen LogP contribution in [-0.2, 0) is 0 Å². The first-order valence-corrected chi connectivity index (χ1v) is 7.79. The largest absolute Gasteiger partial charge is 0.393 e. The van der Waals surface area contributed by atoms with Crippen LogP contribution in [0.2, 0.25) is 0 Å². The maximum atomic E-state index is 10.7. The van der Waals surface area contributed by atoms with Crippen molar-refractivity contribution in [2.24, 2.45) is 5.92 Å². The van der Waals surface area contributed by atoms with E-state index in [-0.39, 0.29) is 12.1 Å². The van der Waals surface area contributed by atoms with Crippen LogP contribution < -0.4 is 0 Å². The number of allylic oxidation sites excluding steroid dienone is 2. The number of imidazole rings is 1. The number of aliphatic hydroxyl groups excluding tert-OH is 1. The summed E-state index contributed by atoms with van der Waals surface area (Å²) < 4.78 is 2.21. The molecule has 0 spiro atoms. The zero-order valence-corrected chi connectivity index (χ0v) is 12.0. The van der Waals surface area contributed by atoms with Crippen molar-refractivity contribution in [2.75, 3.05) is 0 Å². The predicted octanol–water partition coefficient (Wildman–Crippen LogP) is 3.56. The van der Waals surface area contributed by atoms with E-state index >= 15 is 0 Å². The van der Waals surface area contributed by atoms with Gasteiger partial charge in [0.15, 0.2) is 0 Å². The number of nitrogens with zero attached hydrogens (tertiary/aromatic N) is 2. The van der Waals surface area contributed by atoms with Crippen LogP contribution in [0.5, 0.6) is 0 Å². The molecule has 4 rings (SSSR count). The monoisotopic (exact) mass is 280 g/mol. The Hall–Kier alpha value is -1.87. The molecule has 1 aliphatic carbocycles. The minimum Gasteiger partial charge on any atom is -0.393 e. The fourth-order valence-corrected chi connectivity index (χ4v) is 3.76. The number of aromatic nitrogens is 2. The van der Waals surface area contributed by atoms with E-state index in [1.165, 1.54) is 16.8 Å². The molecule has 1 aliphatic heterocycles. The van der Waals surface area contributed by atoms with Crippen molar-refractivity contribution >= 4 is 0 Å². The topological polar surface area (TPSA) is 38.1 Å². The van der Waals surface area contributed by atoms with Crippen LogP contribution in [0.15, 0.2) is 48.9 Å². The van der Waals surface area contributed by atoms with Crippen molar-refractivity contribution < 1.29 is 5.11 Å². The van der Waals surface area contributed by atoms with Gasteiger partial charge in [0, 0.05) is 5.56 Å². The van der Waals surface area contributed by atoms with E-state index < -0.39 is 0 Å². The molecule has 0 fully saturated rings. The summed E-state index contributed by atoms with van der Waals surface area (Å²) in [7, 11) is 0. The van der Waals surface area contributed by atoms with Crippen LogP contribution in [0.4, 0.5) is 0 Å². The summed E-state index contributed by atoms with van der Waals surface area (Å²) in [6.45, 7) is 0. The molecule has 3 atom stereocenters. The van der Waals surface area contributed by atoms with Gasteiger partial charge < -0.3 is 9.67 Å². The Bertz CT molecular complexity index is 673. The lowest BCUT2D eigenvalue weighted by Gasteiger charge is -2.27. The lowest BCUT2D eigenvalue weighted by Crippen LogP contribution is -2.25. The molecule has 3 nitrogen and oxygen atoms in total. The van der Waals surface area contributed by atoms with E-state index in [9.17, 15) is 5.11 Å². The average molecular weight is 280 g/mol. The van der Waals surface area contributed by atoms with Gasteiger partial charge in [0.1, 0.15) is 0 Å². The van der Waals surface area contributed by atoms with Gasteiger partial charge in [0.2, 0.25) is 0 Å². The van der Waals surface area contributed by atoms with Crippen molar-refractivity contribution in [2.45, 2.75) is 37.8 Å². The van der Waals surface area contributed by atoms with Crippen LogP contribution >= 0.6 is 0 Å². The van der Waals surface area contributed by atoms with Crippen molar-refractivity contribution in [3.8, 4) is 11.3 Å². The second-order valence-corrected chi connectivity index (χ2v) is 6.14. The van der Waals surface area contributed by atoms with E-state index in [2.05, 4.69) is 46.0 Å². The van der Waals surface area contributed by atoms with E-state index in [0.29, 0.717) is 5.92 Å². The first kappa shape index (κ1) is 12.8. The molecule has 2 aromatic rings. The summed E-state index contributed by atoms with van der Waals surface area (Å²) in [6.07, 6.45) is 12.0. The Morgan fingerprint density at radius 2 is 2.19 bits per heavy atom. The second kappa shape index (κ2) is 5.15. The summed E-state index contributed by atoms with van der Waals surface area (Å²) in [5.41, 5.74) is 3.75. The predicted molar refractivity (Wildman–Crippen MR) is 82.9 cm³/mol. The Morgan fingerprint density at radius 3 is 3.05 bits per heavy atom. The van der Waals surface area contributed by atoms with Gasteiger partial charge in [-0.1, -0.05) is 36.4 Å². The molecule has 2 aliphatic rings. The van der Waals surface area contributed by atoms with Gasteiger partial charge >= 0.3 is 0 Å². The van der Waals surface area contributed by atoms with E-state index in [1.54, 1.807) is 0 Å². The minimum atomic E-state index is -0.249. The van der Waals surface area contributed by atoms with Crippen LogP contribution in [0.1, 0.15) is 37.3 Å². The van der Waals surface area contributed by atoms with E-state index in [1.807, 2.05) is 12.5 Å². The lowest BCUT2D eigenvalue weighted by atomic mass is 9.85. The maximum Gasteiger partial charge on any atom is 0.0956 e. The molecule has 3 unspecified atom stereocenters. The fourth-order valence-electron chi connectivity index (χ4n) is 3.76. The summed E-state index contributed by atoms with van der Waals surface area (Å²) in [5.74, 6) is 0.398. The molecule has 3 heteroatoms. The Kier molecular flexibility index (Phi) is 3.15. The zero-order valence-electron chi connectivity index (χ0n) is 12.0. The van der Waals surface area contributed by atoms with Crippen LogP contribution in [0.25, 0.3) is 11.3 Å². The van der Waals surface area contributed by atoms with Gasteiger partial charge in [-0.3, -0.25) is 0 Å². The number of hydrogen-bond donors (Lipinski definition) is 1. The summed E-state index contributed by atoms with van der Waals surface area (Å²) in [4.78, 5) is 4.28. The van der Waals surface area contributed by atoms with Crippen LogP contribution in [0.3, 0.4) is 0 Å². The Morgan fingerprint density at radius 1 is 1.29 bits per heavy atom. The molecule has 1 N–H and O–H groups in total. The number of benzene rings is 1. The molecule has 108 valence electrons. The molecule has 1 aromatic heterocycles. The highest BCUT2D eigenvalue weighted by molar-refractivity contribution is 5.68. The third-order valence-corrected chi connectivity index (χ3v) is 4.92. The van der Waals surface area contributed by atoms with Gasteiger partial charge in [-0.25, -0.2) is 4.98 Å². The van der Waals surface area contributed by atoms with Gasteiger partial charge in [0.05, 0.1) is 30.4 Å². The smallest absolute Gasteiger partial charge is 0.0956 e. The normalized spacial score (nSPS) is 24.6. The Labute approximate surface area is 125 Å². The summed E-state index contributed by atoms with van der Waals surface area (Å²) in [5, 5.41) is 10.7. The molecular formula is C18H20N2O. The fraction of sp³-hybridized carbons (Fsp3) is 0.389. The molecule has 0 bridgehead atoms. The molecule has 0 saturated heterocycles. The molecule has 0 saturated carbocycles. The number of rotatable bonds is 3. The van der Waals surface area contributed by atoms with Crippen molar-refractivity contribution in [1.82, 2.24) is 9.55 Å². The Balaban J connectivity index is 1.62. The number of fused-ring (bicyclic) bond motifs is 3. The van der Waals surface area contributed by atoms with Gasteiger partial charge in [-0.15, -0.1) is 0 Å². The summed E-state index contributed by atoms with van der Waals surface area (Å²) in [6, 6.07) is 8.71. The molecule has 1 aromatic carbocycles. The highest BCUT2D eigenvalue weighted by Gasteiger charge is 2.31. The second-order valence-electron chi connectivity index (χ2n) is 6.14. The van der Waals surface area contributed by atoms with E-state index in [4.69, 9.17) is 0 Å². The van der Waals surface area contributed by atoms with E-state index in [0.717, 1.165) is 25.7 Å². The molecule has 21 heavy (non-hydrogen) atoms. The van der Waals surface area contributed by atoms with Crippen LogP contribution in [-0.4, -0.2) is 20.8 Å². The number of aliphatic hydroxyl groups is 1. The highest BCUT2D eigenvalue weighted by Crippen LogP contribution is 2.42. The quantitative estimate of drug-likeness (QED) is 0.873. The third-order valence-electron chi connectivity index (χ3n) is 4.92. The van der Waals surface area contributed by atoms with Crippen molar-refractivity contribution in [1.29, 1.82) is 0 Å². The highest BCUT2D eigenvalue weighted by atomic mass is 16.3. The third kappa shape index (κ3) is 2.12. The average Bonchev–Trinajstić information content (AvgIpc) is 3.11. The molecule has 0 radical (unpaired) electrons. The SMILES string of the molecule is OC(CC1c2ccccc2-c2cncn21)C1CC=CCC1. The first-order chi connectivity index (χ1) is 10.3. The number of hydrogen-bond acceptors (Lipinski definition) is 2. The summed E-state index contributed by atoms with van der Waals surface area (Å²) >= 11 is 0.